The molecule has 1 heterocycles. The molecule has 0 saturated carbocycles. The molecule has 1 aromatic heterocycles. The SMILES string of the molecule is C=CC(CCCCC)c1ccccnc1=O. The molecule has 0 N–H and O–H groups in total. The van der Waals surface area contributed by atoms with Crippen LogP contribution in [0.25, 0.3) is 0 Å². The third-order valence-electron chi connectivity index (χ3n) is 2.71. The van der Waals surface area contributed by atoms with Crippen LogP contribution in [0.1, 0.15) is 44.1 Å². The van der Waals surface area contributed by atoms with Crippen molar-refractivity contribution >= 4 is 0 Å². The first kappa shape index (κ1) is 12.6. The Balaban J connectivity index is 2.83. The number of nitrogens with zero attached hydrogens (tertiary/aromatic N) is 1. The van der Waals surface area contributed by atoms with E-state index in [0.717, 1.165) is 18.4 Å². The van der Waals surface area contributed by atoms with Gasteiger partial charge in [-0.2, -0.15) is 0 Å². The summed E-state index contributed by atoms with van der Waals surface area (Å²) in [5.41, 5.74) is 0.627. The highest BCUT2D eigenvalue weighted by atomic mass is 16.1. The largest absolute Gasteiger partial charge is 0.273 e. The lowest BCUT2D eigenvalue weighted by Crippen LogP contribution is -2.12. The Labute approximate surface area is 97.1 Å². The summed E-state index contributed by atoms with van der Waals surface area (Å²) in [6.45, 7) is 5.98. The van der Waals surface area contributed by atoms with Crippen LogP contribution in [0, 0.1) is 0 Å². The van der Waals surface area contributed by atoms with Crippen molar-refractivity contribution in [2.75, 3.05) is 0 Å². The van der Waals surface area contributed by atoms with E-state index in [-0.39, 0.29) is 11.5 Å². The van der Waals surface area contributed by atoms with E-state index >= 15 is 0 Å². The zero-order valence-electron chi connectivity index (χ0n) is 9.86. The minimum atomic E-state index is -0.133. The molecular formula is C14H19NO. The average Bonchev–Trinajstić information content (AvgIpc) is 2.50. The highest BCUT2D eigenvalue weighted by Gasteiger charge is 2.10. The summed E-state index contributed by atoms with van der Waals surface area (Å²) in [5.74, 6) is 0.138. The van der Waals surface area contributed by atoms with Crippen LogP contribution in [0.4, 0.5) is 0 Å². The van der Waals surface area contributed by atoms with Crippen molar-refractivity contribution in [2.24, 2.45) is 0 Å². The topological polar surface area (TPSA) is 30.0 Å². The molecular weight excluding hydrogens is 198 g/mol. The van der Waals surface area contributed by atoms with Crippen molar-refractivity contribution < 1.29 is 0 Å². The number of hydrogen-bond donors (Lipinski definition) is 0. The Kier molecular flexibility index (Phi) is 5.48. The molecule has 16 heavy (non-hydrogen) atoms. The van der Waals surface area contributed by atoms with Crippen LogP contribution in [0.15, 0.2) is 41.8 Å². The Bertz CT molecular complexity index is 387. The Morgan fingerprint density at radius 1 is 1.44 bits per heavy atom. The van der Waals surface area contributed by atoms with Crippen molar-refractivity contribution in [1.29, 1.82) is 0 Å². The summed E-state index contributed by atoms with van der Waals surface area (Å²) in [7, 11) is 0. The summed E-state index contributed by atoms with van der Waals surface area (Å²) in [6.07, 6.45) is 7.90. The number of aromatic nitrogens is 1. The van der Waals surface area contributed by atoms with Gasteiger partial charge in [0.15, 0.2) is 0 Å². The molecule has 1 aromatic rings. The van der Waals surface area contributed by atoms with Crippen molar-refractivity contribution in [3.05, 3.63) is 53.0 Å². The van der Waals surface area contributed by atoms with Crippen LogP contribution in [0.3, 0.4) is 0 Å². The molecule has 2 heteroatoms. The quantitative estimate of drug-likeness (QED) is 0.540. The average molecular weight is 217 g/mol. The van der Waals surface area contributed by atoms with E-state index < -0.39 is 0 Å². The van der Waals surface area contributed by atoms with Gasteiger partial charge in [-0.3, -0.25) is 4.79 Å². The van der Waals surface area contributed by atoms with Crippen molar-refractivity contribution in [1.82, 2.24) is 4.98 Å². The normalized spacial score (nSPS) is 12.1. The lowest BCUT2D eigenvalue weighted by atomic mass is 9.95. The van der Waals surface area contributed by atoms with Gasteiger partial charge in [-0.15, -0.1) is 6.58 Å². The van der Waals surface area contributed by atoms with E-state index in [0.29, 0.717) is 0 Å². The van der Waals surface area contributed by atoms with Gasteiger partial charge in [0, 0.05) is 17.7 Å². The second-order valence-electron chi connectivity index (χ2n) is 3.93. The van der Waals surface area contributed by atoms with Gasteiger partial charge in [-0.05, 0) is 12.5 Å². The van der Waals surface area contributed by atoms with E-state index in [1.165, 1.54) is 19.0 Å². The molecule has 0 aliphatic rings. The standard InChI is InChI=1S/C14H19NO/c1-3-5-6-9-12(4-2)13-10-7-8-11-15-14(13)16/h4,7-8,10-12H,2-3,5-6,9H2,1H3. The highest BCUT2D eigenvalue weighted by molar-refractivity contribution is 5.18. The third-order valence-corrected chi connectivity index (χ3v) is 2.71. The van der Waals surface area contributed by atoms with Gasteiger partial charge in [0.2, 0.25) is 0 Å². The van der Waals surface area contributed by atoms with E-state index in [4.69, 9.17) is 0 Å². The fourth-order valence-electron chi connectivity index (χ4n) is 1.76. The molecule has 0 bridgehead atoms. The lowest BCUT2D eigenvalue weighted by Gasteiger charge is -2.09. The highest BCUT2D eigenvalue weighted by Crippen LogP contribution is 2.20. The number of allylic oxidation sites excluding steroid dienone is 1. The second-order valence-corrected chi connectivity index (χ2v) is 3.93. The molecule has 0 radical (unpaired) electrons. The van der Waals surface area contributed by atoms with Crippen LogP contribution in [0.5, 0.6) is 0 Å². The van der Waals surface area contributed by atoms with Crippen LogP contribution in [-0.2, 0) is 0 Å². The van der Waals surface area contributed by atoms with Gasteiger partial charge in [-0.25, -0.2) is 4.98 Å². The molecule has 0 aliphatic carbocycles. The molecule has 2 nitrogen and oxygen atoms in total. The van der Waals surface area contributed by atoms with Crippen LogP contribution in [-0.4, -0.2) is 4.98 Å². The minimum absolute atomic E-state index is 0.133. The fraction of sp³-hybridized carbons (Fsp3) is 0.429. The molecule has 0 amide bonds. The first-order valence-corrected chi connectivity index (χ1v) is 5.87. The van der Waals surface area contributed by atoms with Crippen LogP contribution in [0.2, 0.25) is 0 Å². The summed E-state index contributed by atoms with van der Waals surface area (Å²) in [5, 5.41) is 0. The maximum Gasteiger partial charge on any atom is 0.273 e. The maximum atomic E-state index is 11.7. The molecule has 0 aromatic carbocycles. The maximum absolute atomic E-state index is 11.7. The predicted octanol–water partition coefficient (Wildman–Crippen LogP) is 3.29. The molecule has 0 fully saturated rings. The molecule has 1 atom stereocenters. The third kappa shape index (κ3) is 3.61. The molecule has 0 saturated heterocycles. The van der Waals surface area contributed by atoms with Crippen LogP contribution >= 0.6 is 0 Å². The Morgan fingerprint density at radius 2 is 2.25 bits per heavy atom. The summed E-state index contributed by atoms with van der Waals surface area (Å²) >= 11 is 0. The molecule has 0 aliphatic heterocycles. The Morgan fingerprint density at radius 3 is 2.94 bits per heavy atom. The fourth-order valence-corrected chi connectivity index (χ4v) is 1.76. The van der Waals surface area contributed by atoms with Crippen LogP contribution < -0.4 is 5.56 Å². The zero-order chi connectivity index (χ0) is 11.8. The summed E-state index contributed by atoms with van der Waals surface area (Å²) in [6, 6.07) is 5.49. The smallest absolute Gasteiger partial charge is 0.267 e. The molecule has 86 valence electrons. The van der Waals surface area contributed by atoms with E-state index in [9.17, 15) is 4.79 Å². The van der Waals surface area contributed by atoms with E-state index in [1.54, 1.807) is 6.07 Å². The molecule has 1 unspecified atom stereocenters. The number of unbranched alkanes of at least 4 members (excludes halogenated alkanes) is 2. The van der Waals surface area contributed by atoms with Gasteiger partial charge in [0.25, 0.3) is 5.56 Å². The number of rotatable bonds is 6. The first-order chi connectivity index (χ1) is 7.79. The lowest BCUT2D eigenvalue weighted by molar-refractivity contribution is 0.626. The zero-order valence-corrected chi connectivity index (χ0v) is 9.86. The first-order valence-electron chi connectivity index (χ1n) is 5.87. The van der Waals surface area contributed by atoms with Gasteiger partial charge < -0.3 is 0 Å². The molecule has 1 rings (SSSR count). The van der Waals surface area contributed by atoms with Gasteiger partial charge >= 0.3 is 0 Å². The number of hydrogen-bond acceptors (Lipinski definition) is 2. The van der Waals surface area contributed by atoms with Crippen molar-refractivity contribution in [3.63, 3.8) is 0 Å². The second kappa shape index (κ2) is 6.94. The Hall–Kier alpha value is -1.44. The molecule has 0 spiro atoms. The van der Waals surface area contributed by atoms with Crippen molar-refractivity contribution in [2.45, 2.75) is 38.5 Å². The minimum Gasteiger partial charge on any atom is -0.267 e. The van der Waals surface area contributed by atoms with Gasteiger partial charge in [0.1, 0.15) is 0 Å². The summed E-state index contributed by atoms with van der Waals surface area (Å²) < 4.78 is 0. The van der Waals surface area contributed by atoms with Gasteiger partial charge in [0.05, 0.1) is 0 Å². The summed E-state index contributed by atoms with van der Waals surface area (Å²) in [4.78, 5) is 15.5. The van der Waals surface area contributed by atoms with E-state index in [2.05, 4.69) is 18.5 Å². The van der Waals surface area contributed by atoms with E-state index in [1.807, 2.05) is 18.2 Å². The monoisotopic (exact) mass is 217 g/mol. The predicted molar refractivity (Wildman–Crippen MR) is 67.6 cm³/mol. The van der Waals surface area contributed by atoms with Gasteiger partial charge in [-0.1, -0.05) is 44.4 Å². The van der Waals surface area contributed by atoms with Crippen molar-refractivity contribution in [3.8, 4) is 0 Å².